The van der Waals surface area contributed by atoms with Crippen LogP contribution >= 0.6 is 0 Å². The molecule has 1 amide bonds. The molecule has 114 valence electrons. The van der Waals surface area contributed by atoms with Crippen LogP contribution in [0, 0.1) is 5.92 Å². The molecule has 2 aliphatic heterocycles. The lowest BCUT2D eigenvalue weighted by molar-refractivity contribution is -0.141. The summed E-state index contributed by atoms with van der Waals surface area (Å²) in [5, 5.41) is 0. The number of rotatable bonds is 3. The van der Waals surface area contributed by atoms with Crippen molar-refractivity contribution in [1.29, 1.82) is 0 Å². The van der Waals surface area contributed by atoms with Crippen molar-refractivity contribution in [3.63, 3.8) is 0 Å². The Morgan fingerprint density at radius 3 is 2.90 bits per heavy atom. The number of carbonyl (C=O) groups excluding carboxylic acids is 1. The zero-order chi connectivity index (χ0) is 14.8. The lowest BCUT2D eigenvalue weighted by Crippen LogP contribution is -2.42. The van der Waals surface area contributed by atoms with Crippen LogP contribution in [0.3, 0.4) is 0 Å². The Hall–Kier alpha value is -1.46. The number of nitrogens with zero attached hydrogens (tertiary/aromatic N) is 3. The van der Waals surface area contributed by atoms with Gasteiger partial charge in [0.15, 0.2) is 0 Å². The molecule has 21 heavy (non-hydrogen) atoms. The van der Waals surface area contributed by atoms with Gasteiger partial charge in [-0.15, -0.1) is 0 Å². The molecule has 1 aromatic heterocycles. The normalized spacial score (nSPS) is 29.1. The highest BCUT2D eigenvalue weighted by Crippen LogP contribution is 2.34. The van der Waals surface area contributed by atoms with Crippen molar-refractivity contribution in [3.05, 3.63) is 30.1 Å². The van der Waals surface area contributed by atoms with Crippen LogP contribution in [-0.2, 0) is 16.1 Å². The minimum atomic E-state index is -0.240. The molecule has 1 aromatic rings. The second kappa shape index (κ2) is 6.12. The zero-order valence-corrected chi connectivity index (χ0v) is 12.7. The summed E-state index contributed by atoms with van der Waals surface area (Å²) in [6, 6.07) is 4.11. The van der Waals surface area contributed by atoms with Gasteiger partial charge in [-0.1, -0.05) is 0 Å². The van der Waals surface area contributed by atoms with E-state index in [9.17, 15) is 4.79 Å². The molecule has 2 fully saturated rings. The predicted octanol–water partition coefficient (Wildman–Crippen LogP) is 1.15. The van der Waals surface area contributed by atoms with Gasteiger partial charge >= 0.3 is 0 Å². The molecule has 5 nitrogen and oxygen atoms in total. The monoisotopic (exact) mass is 289 g/mol. The molecule has 3 heterocycles. The molecule has 2 saturated heterocycles. The lowest BCUT2D eigenvalue weighted by Gasteiger charge is -2.34. The number of likely N-dealkylation sites (N-methyl/N-ethyl adjacent to an activating group) is 1. The number of pyridine rings is 1. The molecule has 0 spiro atoms. The number of ether oxygens (including phenoxy) is 1. The average Bonchev–Trinajstić information content (AvgIpc) is 2.90. The molecule has 0 bridgehead atoms. The maximum Gasteiger partial charge on any atom is 0.251 e. The fourth-order valence-corrected chi connectivity index (χ4v) is 3.33. The maximum absolute atomic E-state index is 12.0. The fourth-order valence-electron chi connectivity index (χ4n) is 3.33. The van der Waals surface area contributed by atoms with Crippen molar-refractivity contribution in [3.8, 4) is 0 Å². The number of piperidine rings is 1. The first kappa shape index (κ1) is 14.5. The summed E-state index contributed by atoms with van der Waals surface area (Å²) in [4.78, 5) is 20.1. The Bertz CT molecular complexity index is 492. The van der Waals surface area contributed by atoms with Crippen LogP contribution in [0.25, 0.3) is 0 Å². The highest BCUT2D eigenvalue weighted by atomic mass is 16.5. The molecule has 3 rings (SSSR count). The summed E-state index contributed by atoms with van der Waals surface area (Å²) in [5.74, 6) is 0.637. The van der Waals surface area contributed by atoms with Crippen LogP contribution in [0.1, 0.15) is 18.4 Å². The van der Waals surface area contributed by atoms with E-state index < -0.39 is 0 Å². The minimum absolute atomic E-state index is 0.102. The van der Waals surface area contributed by atoms with E-state index in [0.29, 0.717) is 5.92 Å². The Kier molecular flexibility index (Phi) is 4.22. The molecular formula is C16H23N3O2. The van der Waals surface area contributed by atoms with E-state index in [1.54, 1.807) is 19.0 Å². The van der Waals surface area contributed by atoms with E-state index in [1.807, 2.05) is 12.4 Å². The third-order valence-corrected chi connectivity index (χ3v) is 4.51. The average molecular weight is 289 g/mol. The number of carbonyl (C=O) groups is 1. The van der Waals surface area contributed by atoms with Crippen LogP contribution in [0.2, 0.25) is 0 Å². The van der Waals surface area contributed by atoms with Crippen molar-refractivity contribution in [2.45, 2.75) is 31.6 Å². The van der Waals surface area contributed by atoms with Gasteiger partial charge < -0.3 is 9.64 Å². The van der Waals surface area contributed by atoms with Gasteiger partial charge in [-0.05, 0) is 43.0 Å². The van der Waals surface area contributed by atoms with Gasteiger partial charge in [-0.3, -0.25) is 14.7 Å². The van der Waals surface area contributed by atoms with Gasteiger partial charge in [0.25, 0.3) is 5.91 Å². The Balaban J connectivity index is 1.57. The van der Waals surface area contributed by atoms with Crippen LogP contribution in [0.5, 0.6) is 0 Å². The van der Waals surface area contributed by atoms with Gasteiger partial charge in [0.2, 0.25) is 0 Å². The topological polar surface area (TPSA) is 45.7 Å². The highest BCUT2D eigenvalue weighted by molar-refractivity contribution is 5.80. The second-order valence-corrected chi connectivity index (χ2v) is 6.27. The number of amides is 1. The number of fused-ring (bicyclic) bond motifs is 1. The Labute approximate surface area is 125 Å². The van der Waals surface area contributed by atoms with Crippen LogP contribution < -0.4 is 0 Å². The third-order valence-electron chi connectivity index (χ3n) is 4.51. The summed E-state index contributed by atoms with van der Waals surface area (Å²) in [7, 11) is 3.59. The van der Waals surface area contributed by atoms with Crippen LogP contribution in [0.15, 0.2) is 24.5 Å². The van der Waals surface area contributed by atoms with Gasteiger partial charge in [0, 0.05) is 39.6 Å². The van der Waals surface area contributed by atoms with E-state index in [2.05, 4.69) is 22.0 Å². The molecule has 0 saturated carbocycles. The van der Waals surface area contributed by atoms with Gasteiger partial charge in [-0.2, -0.15) is 0 Å². The van der Waals surface area contributed by atoms with Crippen LogP contribution in [0.4, 0.5) is 0 Å². The van der Waals surface area contributed by atoms with Crippen LogP contribution in [-0.4, -0.2) is 60.1 Å². The summed E-state index contributed by atoms with van der Waals surface area (Å²) < 4.78 is 6.01. The number of hydrogen-bond donors (Lipinski definition) is 0. The summed E-state index contributed by atoms with van der Waals surface area (Å²) in [6.45, 7) is 2.93. The van der Waals surface area contributed by atoms with E-state index in [-0.39, 0.29) is 18.1 Å². The SMILES string of the molecule is CN(C)C(=O)[C@H]1C[C@@H]2CCN(Cc3ccncc3)C[C@H]2O1. The second-order valence-electron chi connectivity index (χ2n) is 6.27. The molecule has 2 aliphatic rings. The number of hydrogen-bond acceptors (Lipinski definition) is 4. The zero-order valence-electron chi connectivity index (χ0n) is 12.7. The van der Waals surface area contributed by atoms with Crippen molar-refractivity contribution >= 4 is 5.91 Å². The Morgan fingerprint density at radius 1 is 1.43 bits per heavy atom. The molecule has 3 atom stereocenters. The predicted molar refractivity (Wildman–Crippen MR) is 79.6 cm³/mol. The van der Waals surface area contributed by atoms with E-state index >= 15 is 0 Å². The molecule has 0 radical (unpaired) electrons. The van der Waals surface area contributed by atoms with Gasteiger partial charge in [-0.25, -0.2) is 0 Å². The number of aromatic nitrogens is 1. The van der Waals surface area contributed by atoms with Crippen molar-refractivity contribution in [2.75, 3.05) is 27.2 Å². The standard InChI is InChI=1S/C16H23N3O2/c1-18(2)16(20)14-9-13-5-8-19(11-15(13)21-14)10-12-3-6-17-7-4-12/h3-4,6-7,13-15H,5,8-11H2,1-2H3/t13-,14+,15+/m0/s1. The summed E-state index contributed by atoms with van der Waals surface area (Å²) in [6.07, 6.45) is 5.63. The van der Waals surface area contributed by atoms with Crippen molar-refractivity contribution in [1.82, 2.24) is 14.8 Å². The molecule has 0 unspecified atom stereocenters. The lowest BCUT2D eigenvalue weighted by atomic mass is 9.91. The molecular weight excluding hydrogens is 266 g/mol. The largest absolute Gasteiger partial charge is 0.364 e. The maximum atomic E-state index is 12.0. The van der Waals surface area contributed by atoms with Gasteiger partial charge in [0.1, 0.15) is 6.10 Å². The van der Waals surface area contributed by atoms with Crippen molar-refractivity contribution in [2.24, 2.45) is 5.92 Å². The van der Waals surface area contributed by atoms with E-state index in [4.69, 9.17) is 4.74 Å². The minimum Gasteiger partial charge on any atom is -0.364 e. The van der Waals surface area contributed by atoms with E-state index in [1.165, 1.54) is 5.56 Å². The molecule has 0 N–H and O–H groups in total. The first-order valence-electron chi connectivity index (χ1n) is 7.61. The first-order valence-corrected chi connectivity index (χ1v) is 7.61. The third kappa shape index (κ3) is 3.24. The first-order chi connectivity index (χ1) is 10.1. The summed E-state index contributed by atoms with van der Waals surface area (Å²) in [5.41, 5.74) is 1.28. The summed E-state index contributed by atoms with van der Waals surface area (Å²) >= 11 is 0. The smallest absolute Gasteiger partial charge is 0.251 e. The van der Waals surface area contributed by atoms with E-state index in [0.717, 1.165) is 32.5 Å². The van der Waals surface area contributed by atoms with Gasteiger partial charge in [0.05, 0.1) is 6.10 Å². The molecule has 0 aromatic carbocycles. The highest BCUT2D eigenvalue weighted by Gasteiger charge is 2.42. The number of likely N-dealkylation sites (tertiary alicyclic amines) is 1. The Morgan fingerprint density at radius 2 is 2.19 bits per heavy atom. The fraction of sp³-hybridized carbons (Fsp3) is 0.625. The quantitative estimate of drug-likeness (QED) is 0.837. The molecule has 5 heteroatoms. The van der Waals surface area contributed by atoms with Crippen molar-refractivity contribution < 1.29 is 9.53 Å². The molecule has 0 aliphatic carbocycles.